The minimum atomic E-state index is 1.00. The van der Waals surface area contributed by atoms with E-state index < -0.39 is 0 Å². The monoisotopic (exact) mass is 292 g/mol. The number of fused-ring (bicyclic) bond motifs is 1. The Morgan fingerprint density at radius 3 is 2.71 bits per heavy atom. The molecule has 0 atom stereocenters. The number of halogens is 1. The van der Waals surface area contributed by atoms with Gasteiger partial charge in [-0.15, -0.1) is 0 Å². The topological polar surface area (TPSA) is 24.9 Å². The Balaban J connectivity index is 2.69. The maximum absolute atomic E-state index is 4.72. The van der Waals surface area contributed by atoms with Gasteiger partial charge in [0, 0.05) is 16.9 Å². The zero-order chi connectivity index (χ0) is 12.4. The molecule has 1 aromatic heterocycles. The molecule has 0 radical (unpaired) electrons. The van der Waals surface area contributed by atoms with Crippen molar-refractivity contribution in [2.75, 3.05) is 12.4 Å². The van der Waals surface area contributed by atoms with Gasteiger partial charge in [0.05, 0.1) is 5.52 Å². The van der Waals surface area contributed by atoms with E-state index in [1.807, 2.05) is 7.05 Å². The molecule has 2 rings (SSSR count). The van der Waals surface area contributed by atoms with Gasteiger partial charge in [0.25, 0.3) is 0 Å². The maximum atomic E-state index is 4.72. The summed E-state index contributed by atoms with van der Waals surface area (Å²) in [5.74, 6) is 1.00. The number of nitrogens with zero attached hydrogens (tertiary/aromatic N) is 1. The van der Waals surface area contributed by atoms with Crippen LogP contribution in [0.3, 0.4) is 0 Å². The standard InChI is InChI=1S/C14H17BrN2/c1-4-5-10-7-11-8-12(15)6-9(2)13(11)17-14(10)16-3/h6-8H,4-5H2,1-3H3,(H,16,17). The summed E-state index contributed by atoms with van der Waals surface area (Å²) >= 11 is 3.54. The summed E-state index contributed by atoms with van der Waals surface area (Å²) in [4.78, 5) is 4.72. The Labute approximate surface area is 111 Å². The highest BCUT2D eigenvalue weighted by Crippen LogP contribution is 2.27. The van der Waals surface area contributed by atoms with Gasteiger partial charge in [-0.25, -0.2) is 4.98 Å². The van der Waals surface area contributed by atoms with E-state index in [9.17, 15) is 0 Å². The van der Waals surface area contributed by atoms with Crippen molar-refractivity contribution in [2.24, 2.45) is 0 Å². The fraction of sp³-hybridized carbons (Fsp3) is 0.357. The highest BCUT2D eigenvalue weighted by atomic mass is 79.9. The number of nitrogens with one attached hydrogen (secondary N) is 1. The third-order valence-electron chi connectivity index (χ3n) is 2.91. The van der Waals surface area contributed by atoms with Crippen molar-refractivity contribution in [3.8, 4) is 0 Å². The Hall–Kier alpha value is -1.09. The largest absolute Gasteiger partial charge is 0.373 e. The molecule has 0 aliphatic carbocycles. The highest BCUT2D eigenvalue weighted by Gasteiger charge is 2.07. The molecule has 0 unspecified atom stereocenters. The van der Waals surface area contributed by atoms with Gasteiger partial charge in [0.15, 0.2) is 0 Å². The number of aryl methyl sites for hydroxylation is 2. The van der Waals surface area contributed by atoms with Crippen molar-refractivity contribution in [2.45, 2.75) is 26.7 Å². The molecule has 2 nitrogen and oxygen atoms in total. The molecule has 0 bridgehead atoms. The first-order chi connectivity index (χ1) is 8.15. The van der Waals surface area contributed by atoms with E-state index in [4.69, 9.17) is 4.98 Å². The Morgan fingerprint density at radius 1 is 1.29 bits per heavy atom. The Morgan fingerprint density at radius 2 is 2.06 bits per heavy atom. The van der Waals surface area contributed by atoms with Crippen LogP contribution >= 0.6 is 15.9 Å². The number of pyridine rings is 1. The lowest BCUT2D eigenvalue weighted by Gasteiger charge is -2.11. The van der Waals surface area contributed by atoms with Gasteiger partial charge in [-0.2, -0.15) is 0 Å². The Kier molecular flexibility index (Phi) is 3.67. The van der Waals surface area contributed by atoms with E-state index in [0.29, 0.717) is 0 Å². The van der Waals surface area contributed by atoms with E-state index in [2.05, 4.69) is 53.3 Å². The molecule has 0 amide bonds. The zero-order valence-electron chi connectivity index (χ0n) is 10.5. The number of rotatable bonds is 3. The molecular weight excluding hydrogens is 276 g/mol. The van der Waals surface area contributed by atoms with Crippen LogP contribution in [0.4, 0.5) is 5.82 Å². The van der Waals surface area contributed by atoms with Crippen LogP contribution in [-0.2, 0) is 6.42 Å². The average Bonchev–Trinajstić information content (AvgIpc) is 2.28. The molecule has 0 aliphatic rings. The quantitative estimate of drug-likeness (QED) is 0.912. The summed E-state index contributed by atoms with van der Waals surface area (Å²) < 4.78 is 1.11. The lowest BCUT2D eigenvalue weighted by molar-refractivity contribution is 0.918. The van der Waals surface area contributed by atoms with Crippen LogP contribution in [0.2, 0.25) is 0 Å². The van der Waals surface area contributed by atoms with Crippen LogP contribution in [0, 0.1) is 6.92 Å². The first kappa shape index (κ1) is 12.4. The summed E-state index contributed by atoms with van der Waals surface area (Å²) in [6.07, 6.45) is 2.19. The van der Waals surface area contributed by atoms with Crippen molar-refractivity contribution < 1.29 is 0 Å². The van der Waals surface area contributed by atoms with Gasteiger partial charge in [-0.3, -0.25) is 0 Å². The smallest absolute Gasteiger partial charge is 0.129 e. The van der Waals surface area contributed by atoms with E-state index in [-0.39, 0.29) is 0 Å². The molecule has 0 aliphatic heterocycles. The number of aromatic nitrogens is 1. The van der Waals surface area contributed by atoms with Crippen molar-refractivity contribution in [1.82, 2.24) is 4.98 Å². The SMILES string of the molecule is CCCc1cc2cc(Br)cc(C)c2nc1NC. The molecule has 0 fully saturated rings. The summed E-state index contributed by atoms with van der Waals surface area (Å²) in [7, 11) is 1.93. The second-order valence-electron chi connectivity index (χ2n) is 4.29. The number of anilines is 1. The molecule has 3 heteroatoms. The average molecular weight is 293 g/mol. The maximum Gasteiger partial charge on any atom is 0.129 e. The minimum absolute atomic E-state index is 1.00. The van der Waals surface area contributed by atoms with Crippen molar-refractivity contribution in [3.63, 3.8) is 0 Å². The van der Waals surface area contributed by atoms with Gasteiger partial charge >= 0.3 is 0 Å². The van der Waals surface area contributed by atoms with E-state index in [1.165, 1.54) is 16.5 Å². The van der Waals surface area contributed by atoms with Crippen molar-refractivity contribution >= 4 is 32.7 Å². The minimum Gasteiger partial charge on any atom is -0.373 e. The second-order valence-corrected chi connectivity index (χ2v) is 5.21. The van der Waals surface area contributed by atoms with Crippen LogP contribution < -0.4 is 5.32 Å². The third kappa shape index (κ3) is 2.44. The number of hydrogen-bond acceptors (Lipinski definition) is 2. The van der Waals surface area contributed by atoms with E-state index >= 15 is 0 Å². The van der Waals surface area contributed by atoms with Gasteiger partial charge in [0.1, 0.15) is 5.82 Å². The summed E-state index contributed by atoms with van der Waals surface area (Å²) in [5, 5.41) is 4.40. The molecule has 17 heavy (non-hydrogen) atoms. The lowest BCUT2D eigenvalue weighted by atomic mass is 10.1. The first-order valence-corrected chi connectivity index (χ1v) is 6.72. The van der Waals surface area contributed by atoms with Gasteiger partial charge in [0.2, 0.25) is 0 Å². The first-order valence-electron chi connectivity index (χ1n) is 5.93. The molecule has 2 aromatic rings. The van der Waals surface area contributed by atoms with Crippen LogP contribution in [0.1, 0.15) is 24.5 Å². The van der Waals surface area contributed by atoms with E-state index in [1.54, 1.807) is 0 Å². The normalized spacial score (nSPS) is 10.8. The number of benzene rings is 1. The second kappa shape index (κ2) is 5.05. The van der Waals surface area contributed by atoms with Gasteiger partial charge < -0.3 is 5.32 Å². The van der Waals surface area contributed by atoms with Crippen LogP contribution in [-0.4, -0.2) is 12.0 Å². The van der Waals surface area contributed by atoms with Crippen molar-refractivity contribution in [3.05, 3.63) is 33.8 Å². The van der Waals surface area contributed by atoms with Gasteiger partial charge in [-0.05, 0) is 42.7 Å². The predicted octanol–water partition coefficient (Wildman–Crippen LogP) is 4.30. The van der Waals surface area contributed by atoms with Crippen LogP contribution in [0.15, 0.2) is 22.7 Å². The summed E-state index contributed by atoms with van der Waals surface area (Å²) in [5.41, 5.74) is 3.58. The summed E-state index contributed by atoms with van der Waals surface area (Å²) in [6.45, 7) is 4.29. The molecular formula is C14H17BrN2. The summed E-state index contributed by atoms with van der Waals surface area (Å²) in [6, 6.07) is 6.48. The fourth-order valence-electron chi connectivity index (χ4n) is 2.14. The molecule has 0 spiro atoms. The molecule has 1 N–H and O–H groups in total. The molecule has 1 aromatic carbocycles. The fourth-order valence-corrected chi connectivity index (χ4v) is 2.73. The van der Waals surface area contributed by atoms with Crippen molar-refractivity contribution in [1.29, 1.82) is 0 Å². The lowest BCUT2D eigenvalue weighted by Crippen LogP contribution is -2.00. The van der Waals surface area contributed by atoms with Gasteiger partial charge in [-0.1, -0.05) is 29.3 Å². The van der Waals surface area contributed by atoms with Crippen LogP contribution in [0.5, 0.6) is 0 Å². The zero-order valence-corrected chi connectivity index (χ0v) is 12.1. The molecule has 0 saturated carbocycles. The number of hydrogen-bond donors (Lipinski definition) is 1. The molecule has 0 saturated heterocycles. The molecule has 90 valence electrons. The van der Waals surface area contributed by atoms with E-state index in [0.717, 1.165) is 28.6 Å². The molecule has 1 heterocycles. The third-order valence-corrected chi connectivity index (χ3v) is 3.37. The highest BCUT2D eigenvalue weighted by molar-refractivity contribution is 9.10. The Bertz CT molecular complexity index is 549. The van der Waals surface area contributed by atoms with Crippen LogP contribution in [0.25, 0.3) is 10.9 Å². The predicted molar refractivity (Wildman–Crippen MR) is 77.7 cm³/mol.